The van der Waals surface area contributed by atoms with Crippen molar-refractivity contribution in [3.8, 4) is 0 Å². The van der Waals surface area contributed by atoms with Crippen LogP contribution in [0.3, 0.4) is 0 Å². The maximum atomic E-state index is 10.9. The minimum Gasteiger partial charge on any atom is -0.329 e. The predicted molar refractivity (Wildman–Crippen MR) is 42.6 cm³/mol. The summed E-state index contributed by atoms with van der Waals surface area (Å²) in [5.41, 5.74) is 5.27. The van der Waals surface area contributed by atoms with Gasteiger partial charge in [0.25, 0.3) is 0 Å². The van der Waals surface area contributed by atoms with Gasteiger partial charge in [-0.15, -0.1) is 0 Å². The molecule has 0 fully saturated rings. The first-order valence-corrected chi connectivity index (χ1v) is 5.36. The number of hydrogen-bond donors (Lipinski definition) is 1. The third-order valence-corrected chi connectivity index (χ3v) is 3.12. The second kappa shape index (κ2) is 3.93. The second-order valence-electron chi connectivity index (χ2n) is 2.48. The Morgan fingerprint density at radius 1 is 1.50 bits per heavy atom. The molecule has 62 valence electrons. The Labute approximate surface area is 62.5 Å². The minimum absolute atomic E-state index is 0.243. The van der Waals surface area contributed by atoms with Crippen LogP contribution in [0.25, 0.3) is 0 Å². The molecule has 0 aliphatic rings. The molecule has 4 heteroatoms. The van der Waals surface area contributed by atoms with Gasteiger partial charge in [0, 0.05) is 12.8 Å². The Kier molecular flexibility index (Phi) is 3.89. The van der Waals surface area contributed by atoms with E-state index in [1.54, 1.807) is 0 Å². The summed E-state index contributed by atoms with van der Waals surface area (Å²) in [6.07, 6.45) is 2.78. The number of rotatable bonds is 4. The van der Waals surface area contributed by atoms with Crippen molar-refractivity contribution in [1.82, 2.24) is 0 Å². The third-order valence-electron chi connectivity index (χ3n) is 1.48. The Balaban J connectivity index is 4.08. The topological polar surface area (TPSA) is 60.2 Å². The third kappa shape index (κ3) is 3.17. The van der Waals surface area contributed by atoms with Gasteiger partial charge in [-0.1, -0.05) is 13.3 Å². The Hall–Kier alpha value is -0.0900. The van der Waals surface area contributed by atoms with Crippen molar-refractivity contribution in [2.24, 2.45) is 5.73 Å². The first kappa shape index (κ1) is 9.91. The summed E-state index contributed by atoms with van der Waals surface area (Å²) in [5, 5.41) is -0.336. The Bertz CT molecular complexity index is 174. The van der Waals surface area contributed by atoms with Crippen LogP contribution in [0.5, 0.6) is 0 Å². The van der Waals surface area contributed by atoms with E-state index in [4.69, 9.17) is 5.73 Å². The van der Waals surface area contributed by atoms with E-state index in [1.165, 1.54) is 6.26 Å². The zero-order valence-corrected chi connectivity index (χ0v) is 7.32. The van der Waals surface area contributed by atoms with E-state index in [0.29, 0.717) is 6.42 Å². The molecule has 0 saturated carbocycles. The summed E-state index contributed by atoms with van der Waals surface area (Å²) in [6, 6.07) is 0. The van der Waals surface area contributed by atoms with Gasteiger partial charge in [-0.3, -0.25) is 0 Å². The lowest BCUT2D eigenvalue weighted by atomic mass is 10.2. The van der Waals surface area contributed by atoms with Crippen LogP contribution in [0.1, 0.15) is 19.8 Å². The fourth-order valence-electron chi connectivity index (χ4n) is 0.829. The van der Waals surface area contributed by atoms with Gasteiger partial charge in [0.05, 0.1) is 5.25 Å². The summed E-state index contributed by atoms with van der Waals surface area (Å²) >= 11 is 0. The lowest BCUT2D eigenvalue weighted by Gasteiger charge is -2.09. The first-order chi connectivity index (χ1) is 4.52. The van der Waals surface area contributed by atoms with Crippen molar-refractivity contribution < 1.29 is 8.42 Å². The van der Waals surface area contributed by atoms with Gasteiger partial charge >= 0.3 is 0 Å². The van der Waals surface area contributed by atoms with Gasteiger partial charge in [0.1, 0.15) is 0 Å². The van der Waals surface area contributed by atoms with Gasteiger partial charge in [-0.2, -0.15) is 0 Å². The van der Waals surface area contributed by atoms with Gasteiger partial charge < -0.3 is 5.73 Å². The van der Waals surface area contributed by atoms with Crippen molar-refractivity contribution in [3.05, 3.63) is 0 Å². The molecule has 0 saturated heterocycles. The molecule has 2 N–H and O–H groups in total. The molecular weight excluding hydrogens is 150 g/mol. The highest BCUT2D eigenvalue weighted by Crippen LogP contribution is 2.04. The molecule has 0 heterocycles. The molecule has 0 aliphatic heterocycles. The van der Waals surface area contributed by atoms with E-state index < -0.39 is 9.84 Å². The second-order valence-corrected chi connectivity index (χ2v) is 4.80. The van der Waals surface area contributed by atoms with Crippen LogP contribution in [-0.4, -0.2) is 26.5 Å². The van der Waals surface area contributed by atoms with Gasteiger partial charge in [0.15, 0.2) is 9.84 Å². The molecule has 0 amide bonds. The van der Waals surface area contributed by atoms with E-state index in [2.05, 4.69) is 0 Å². The molecule has 0 rings (SSSR count). The molecule has 1 unspecified atom stereocenters. The van der Waals surface area contributed by atoms with Crippen molar-refractivity contribution in [2.45, 2.75) is 25.0 Å². The molecular formula is C6H15NO2S. The molecule has 0 aliphatic carbocycles. The van der Waals surface area contributed by atoms with Crippen LogP contribution in [0, 0.1) is 0 Å². The number of nitrogens with two attached hydrogens (primary N) is 1. The van der Waals surface area contributed by atoms with E-state index in [1.807, 2.05) is 6.92 Å². The predicted octanol–water partition coefficient (Wildman–Crippen LogP) is 0.158. The number of hydrogen-bond acceptors (Lipinski definition) is 3. The van der Waals surface area contributed by atoms with Crippen LogP contribution < -0.4 is 5.73 Å². The molecule has 0 aromatic rings. The summed E-state index contributed by atoms with van der Waals surface area (Å²) in [4.78, 5) is 0. The average Bonchev–Trinajstić information content (AvgIpc) is 1.80. The maximum Gasteiger partial charge on any atom is 0.151 e. The fourth-order valence-corrected chi connectivity index (χ4v) is 1.84. The molecule has 0 radical (unpaired) electrons. The molecule has 3 nitrogen and oxygen atoms in total. The van der Waals surface area contributed by atoms with Crippen LogP contribution in [0.4, 0.5) is 0 Å². The van der Waals surface area contributed by atoms with Crippen molar-refractivity contribution in [3.63, 3.8) is 0 Å². The summed E-state index contributed by atoms with van der Waals surface area (Å²) in [5.74, 6) is 0. The highest BCUT2D eigenvalue weighted by atomic mass is 32.2. The van der Waals surface area contributed by atoms with Crippen LogP contribution in [-0.2, 0) is 9.84 Å². The molecule has 1 atom stereocenters. The monoisotopic (exact) mass is 165 g/mol. The van der Waals surface area contributed by atoms with Crippen LogP contribution >= 0.6 is 0 Å². The number of sulfone groups is 1. The van der Waals surface area contributed by atoms with E-state index in [-0.39, 0.29) is 11.8 Å². The molecule has 0 bridgehead atoms. The zero-order valence-electron chi connectivity index (χ0n) is 6.50. The molecule has 0 spiro atoms. The highest BCUT2D eigenvalue weighted by Gasteiger charge is 2.16. The fraction of sp³-hybridized carbons (Fsp3) is 1.00. The van der Waals surface area contributed by atoms with E-state index in [0.717, 1.165) is 6.42 Å². The van der Waals surface area contributed by atoms with Crippen LogP contribution in [0.2, 0.25) is 0 Å². The lowest BCUT2D eigenvalue weighted by Crippen LogP contribution is -2.28. The summed E-state index contributed by atoms with van der Waals surface area (Å²) in [6.45, 7) is 2.19. The van der Waals surface area contributed by atoms with Gasteiger partial charge in [-0.05, 0) is 6.42 Å². The molecule has 0 aromatic carbocycles. The maximum absolute atomic E-state index is 10.9. The van der Waals surface area contributed by atoms with Crippen molar-refractivity contribution in [1.29, 1.82) is 0 Å². The van der Waals surface area contributed by atoms with E-state index >= 15 is 0 Å². The lowest BCUT2D eigenvalue weighted by molar-refractivity contribution is 0.575. The van der Waals surface area contributed by atoms with Crippen molar-refractivity contribution in [2.75, 3.05) is 12.8 Å². The SMILES string of the molecule is CCCC(CN)S(C)(=O)=O. The molecule has 10 heavy (non-hydrogen) atoms. The molecule has 0 aromatic heterocycles. The Morgan fingerprint density at radius 2 is 2.00 bits per heavy atom. The average molecular weight is 165 g/mol. The standard InChI is InChI=1S/C6H15NO2S/c1-3-4-6(5-7)10(2,8)9/h6H,3-5,7H2,1-2H3. The smallest absolute Gasteiger partial charge is 0.151 e. The zero-order chi connectivity index (χ0) is 8.20. The highest BCUT2D eigenvalue weighted by molar-refractivity contribution is 7.91. The van der Waals surface area contributed by atoms with Crippen LogP contribution in [0.15, 0.2) is 0 Å². The minimum atomic E-state index is -2.90. The van der Waals surface area contributed by atoms with E-state index in [9.17, 15) is 8.42 Å². The summed E-state index contributed by atoms with van der Waals surface area (Å²) in [7, 11) is -2.90. The largest absolute Gasteiger partial charge is 0.329 e. The quantitative estimate of drug-likeness (QED) is 0.645. The normalized spacial score (nSPS) is 15.1. The summed E-state index contributed by atoms with van der Waals surface area (Å²) < 4.78 is 21.7. The van der Waals surface area contributed by atoms with Gasteiger partial charge in [-0.25, -0.2) is 8.42 Å². The first-order valence-electron chi connectivity index (χ1n) is 3.41. The van der Waals surface area contributed by atoms with Gasteiger partial charge in [0.2, 0.25) is 0 Å². The Morgan fingerprint density at radius 3 is 2.10 bits per heavy atom. The van der Waals surface area contributed by atoms with Crippen molar-refractivity contribution >= 4 is 9.84 Å².